The molecule has 0 bridgehead atoms. The summed E-state index contributed by atoms with van der Waals surface area (Å²) in [6, 6.07) is 22.3. The van der Waals surface area contributed by atoms with Gasteiger partial charge < -0.3 is 19.5 Å². The van der Waals surface area contributed by atoms with E-state index in [0.29, 0.717) is 31.4 Å². The van der Waals surface area contributed by atoms with Crippen molar-refractivity contribution in [2.45, 2.75) is 31.3 Å². The summed E-state index contributed by atoms with van der Waals surface area (Å²) >= 11 is 0. The van der Waals surface area contributed by atoms with Crippen LogP contribution >= 0.6 is 0 Å². The first-order chi connectivity index (χ1) is 19.1. The topological polar surface area (TPSA) is 78.7 Å². The first kappa shape index (κ1) is 26.2. The van der Waals surface area contributed by atoms with Crippen LogP contribution in [0, 0.1) is 5.82 Å². The predicted octanol–water partition coefficient (Wildman–Crippen LogP) is 5.03. The van der Waals surface area contributed by atoms with Gasteiger partial charge in [0.1, 0.15) is 11.9 Å². The van der Waals surface area contributed by atoms with Crippen LogP contribution in [0.3, 0.4) is 0 Å². The van der Waals surface area contributed by atoms with E-state index in [-0.39, 0.29) is 29.4 Å². The lowest BCUT2D eigenvalue weighted by molar-refractivity contribution is -0.126. The van der Waals surface area contributed by atoms with Crippen molar-refractivity contribution in [2.75, 3.05) is 24.5 Å². The molecule has 39 heavy (non-hydrogen) atoms. The van der Waals surface area contributed by atoms with Crippen molar-refractivity contribution in [3.05, 3.63) is 120 Å². The number of halogens is 1. The third-order valence-electron chi connectivity index (χ3n) is 7.07. The number of para-hydroxylation sites is 1. The highest BCUT2D eigenvalue weighted by atomic mass is 19.1. The Hall–Kier alpha value is -4.46. The number of aromatic nitrogens is 1. The van der Waals surface area contributed by atoms with E-state index in [9.17, 15) is 14.0 Å². The van der Waals surface area contributed by atoms with E-state index in [4.69, 9.17) is 4.42 Å². The molecule has 1 aliphatic heterocycles. The summed E-state index contributed by atoms with van der Waals surface area (Å²) in [5.41, 5.74) is 2.54. The second-order valence-electron chi connectivity index (χ2n) is 9.60. The van der Waals surface area contributed by atoms with Gasteiger partial charge in [-0.3, -0.25) is 14.6 Å². The Morgan fingerprint density at radius 3 is 2.54 bits per heavy atom. The Morgan fingerprint density at radius 1 is 1.03 bits per heavy atom. The SMILES string of the molecule is O=C(NCCc1cccc(F)c1)C(c1cccnc1)N(C(=O)c1ccco1)C1CCN(c2ccccc2)CC1. The molecule has 2 amide bonds. The zero-order valence-electron chi connectivity index (χ0n) is 21.6. The van der Waals surface area contributed by atoms with Gasteiger partial charge >= 0.3 is 0 Å². The van der Waals surface area contributed by atoms with Gasteiger partial charge in [0.15, 0.2) is 5.76 Å². The van der Waals surface area contributed by atoms with Crippen LogP contribution in [0.25, 0.3) is 0 Å². The molecule has 1 atom stereocenters. The van der Waals surface area contributed by atoms with Crippen molar-refractivity contribution in [1.29, 1.82) is 0 Å². The molecule has 0 aliphatic carbocycles. The first-order valence-electron chi connectivity index (χ1n) is 13.2. The van der Waals surface area contributed by atoms with Gasteiger partial charge in [0.05, 0.1) is 6.26 Å². The van der Waals surface area contributed by atoms with E-state index >= 15 is 0 Å². The number of amides is 2. The molecule has 0 spiro atoms. The number of carbonyl (C=O) groups is 2. The number of hydrogen-bond acceptors (Lipinski definition) is 5. The Morgan fingerprint density at radius 2 is 1.85 bits per heavy atom. The summed E-state index contributed by atoms with van der Waals surface area (Å²) in [5, 5.41) is 2.98. The van der Waals surface area contributed by atoms with Gasteiger partial charge in [0, 0.05) is 49.3 Å². The Bertz CT molecular complexity index is 1360. The van der Waals surface area contributed by atoms with Crippen molar-refractivity contribution in [1.82, 2.24) is 15.2 Å². The maximum atomic E-state index is 13.9. The highest BCUT2D eigenvalue weighted by Gasteiger charge is 2.39. The van der Waals surface area contributed by atoms with E-state index < -0.39 is 6.04 Å². The fourth-order valence-corrected chi connectivity index (χ4v) is 5.16. The molecule has 8 heteroatoms. The lowest BCUT2D eigenvalue weighted by Crippen LogP contribution is -2.52. The molecule has 1 saturated heterocycles. The van der Waals surface area contributed by atoms with Crippen LogP contribution in [-0.4, -0.2) is 47.4 Å². The van der Waals surface area contributed by atoms with Crippen LogP contribution in [0.15, 0.2) is 102 Å². The van der Waals surface area contributed by atoms with Gasteiger partial charge in [-0.15, -0.1) is 0 Å². The standard InChI is InChI=1S/C31H31FN4O3/c32-25-9-4-7-23(21-25)13-17-34-30(37)29(24-8-5-16-33-22-24)36(31(38)28-12-6-20-39-28)27-14-18-35(19-15-27)26-10-2-1-3-11-26/h1-12,16,20-22,27,29H,13-15,17-19H2,(H,34,37). The summed E-state index contributed by atoms with van der Waals surface area (Å²) in [4.78, 5) is 35.9. The van der Waals surface area contributed by atoms with Crippen molar-refractivity contribution >= 4 is 17.5 Å². The molecule has 3 heterocycles. The number of nitrogens with zero attached hydrogens (tertiary/aromatic N) is 3. The summed E-state index contributed by atoms with van der Waals surface area (Å²) < 4.78 is 19.1. The molecule has 2 aromatic carbocycles. The van der Waals surface area contributed by atoms with Gasteiger partial charge in [0.2, 0.25) is 5.91 Å². The molecule has 2 aromatic heterocycles. The van der Waals surface area contributed by atoms with E-state index in [2.05, 4.69) is 27.3 Å². The van der Waals surface area contributed by atoms with Gasteiger partial charge in [-0.2, -0.15) is 0 Å². The van der Waals surface area contributed by atoms with Gasteiger partial charge in [-0.05, 0) is 67.3 Å². The second-order valence-corrected chi connectivity index (χ2v) is 9.60. The maximum Gasteiger partial charge on any atom is 0.290 e. The zero-order valence-corrected chi connectivity index (χ0v) is 21.6. The van der Waals surface area contributed by atoms with Gasteiger partial charge in [-0.1, -0.05) is 36.4 Å². The zero-order chi connectivity index (χ0) is 27.0. The Balaban J connectivity index is 1.40. The number of hydrogen-bond donors (Lipinski definition) is 1. The van der Waals surface area contributed by atoms with Crippen molar-refractivity contribution in [3.63, 3.8) is 0 Å². The van der Waals surface area contributed by atoms with Crippen LogP contribution in [0.2, 0.25) is 0 Å². The first-order valence-corrected chi connectivity index (χ1v) is 13.2. The lowest BCUT2D eigenvalue weighted by atomic mass is 9.96. The van der Waals surface area contributed by atoms with Crippen LogP contribution in [0.4, 0.5) is 10.1 Å². The van der Waals surface area contributed by atoms with E-state index in [1.165, 1.54) is 18.4 Å². The molecule has 0 saturated carbocycles. The van der Waals surface area contributed by atoms with Crippen LogP contribution in [-0.2, 0) is 11.2 Å². The number of pyridine rings is 1. The third-order valence-corrected chi connectivity index (χ3v) is 7.07. The fourth-order valence-electron chi connectivity index (χ4n) is 5.16. The number of rotatable bonds is 9. The van der Waals surface area contributed by atoms with Crippen molar-refractivity contribution < 1.29 is 18.4 Å². The molecule has 1 unspecified atom stereocenters. The molecule has 1 fully saturated rings. The summed E-state index contributed by atoms with van der Waals surface area (Å²) in [5.74, 6) is -0.789. The minimum Gasteiger partial charge on any atom is -0.459 e. The lowest BCUT2D eigenvalue weighted by Gasteiger charge is -2.42. The number of benzene rings is 2. The number of carbonyl (C=O) groups excluding carboxylic acids is 2. The minimum atomic E-state index is -0.905. The molecule has 5 rings (SSSR count). The van der Waals surface area contributed by atoms with Crippen LogP contribution in [0.1, 0.15) is 40.6 Å². The van der Waals surface area contributed by atoms with Crippen LogP contribution in [0.5, 0.6) is 0 Å². The van der Waals surface area contributed by atoms with Crippen LogP contribution < -0.4 is 10.2 Å². The van der Waals surface area contributed by atoms with E-state index in [0.717, 1.165) is 24.3 Å². The smallest absolute Gasteiger partial charge is 0.290 e. The van der Waals surface area contributed by atoms with Gasteiger partial charge in [0.25, 0.3) is 5.91 Å². The summed E-state index contributed by atoms with van der Waals surface area (Å²) in [7, 11) is 0. The molecule has 1 aliphatic rings. The highest BCUT2D eigenvalue weighted by molar-refractivity contribution is 5.96. The monoisotopic (exact) mass is 526 g/mol. The number of piperidine rings is 1. The van der Waals surface area contributed by atoms with E-state index in [1.807, 2.05) is 30.3 Å². The summed E-state index contributed by atoms with van der Waals surface area (Å²) in [6.45, 7) is 1.80. The quantitative estimate of drug-likeness (QED) is 0.331. The number of anilines is 1. The molecular weight excluding hydrogens is 495 g/mol. The van der Waals surface area contributed by atoms with Gasteiger partial charge in [-0.25, -0.2) is 4.39 Å². The largest absolute Gasteiger partial charge is 0.459 e. The second kappa shape index (κ2) is 12.4. The highest BCUT2D eigenvalue weighted by Crippen LogP contribution is 2.31. The maximum absolute atomic E-state index is 13.9. The average molecular weight is 527 g/mol. The Labute approximate surface area is 227 Å². The molecule has 7 nitrogen and oxygen atoms in total. The predicted molar refractivity (Wildman–Crippen MR) is 147 cm³/mol. The molecular formula is C31H31FN4O3. The number of nitrogens with one attached hydrogen (secondary N) is 1. The summed E-state index contributed by atoms with van der Waals surface area (Å²) in [6.07, 6.45) is 6.56. The number of furan rings is 1. The van der Waals surface area contributed by atoms with Crippen molar-refractivity contribution in [2.24, 2.45) is 0 Å². The normalized spacial score (nSPS) is 14.5. The average Bonchev–Trinajstić information content (AvgIpc) is 3.52. The van der Waals surface area contributed by atoms with Crippen molar-refractivity contribution in [3.8, 4) is 0 Å². The fraction of sp³-hybridized carbons (Fsp3) is 0.258. The molecule has 1 N–H and O–H groups in total. The molecule has 0 radical (unpaired) electrons. The third kappa shape index (κ3) is 6.34. The minimum absolute atomic E-state index is 0.182. The molecule has 200 valence electrons. The Kier molecular flexibility index (Phi) is 8.31. The molecule has 4 aromatic rings. The van der Waals surface area contributed by atoms with E-state index in [1.54, 1.807) is 41.6 Å².